The van der Waals surface area contributed by atoms with E-state index in [4.69, 9.17) is 4.74 Å². The molecule has 1 aliphatic heterocycles. The maximum Gasteiger partial charge on any atom is 0.254 e. The molecule has 3 aromatic rings. The molecule has 1 aliphatic rings. The number of benzene rings is 3. The van der Waals surface area contributed by atoms with Gasteiger partial charge in [0.1, 0.15) is 18.1 Å². The zero-order valence-electron chi connectivity index (χ0n) is 22.4. The number of hydrogen-bond acceptors (Lipinski definition) is 5. The van der Waals surface area contributed by atoms with E-state index >= 15 is 0 Å². The highest BCUT2D eigenvalue weighted by Crippen LogP contribution is 2.21. The molecular weight excluding hydrogens is 499 g/mol. The van der Waals surface area contributed by atoms with E-state index in [1.807, 2.05) is 43.0 Å². The van der Waals surface area contributed by atoms with E-state index in [9.17, 15) is 18.8 Å². The first kappa shape index (κ1) is 27.6. The predicted molar refractivity (Wildman–Crippen MR) is 149 cm³/mol. The van der Waals surface area contributed by atoms with Gasteiger partial charge in [-0.25, -0.2) is 4.39 Å². The molecule has 0 radical (unpaired) electrons. The van der Waals surface area contributed by atoms with Crippen LogP contribution >= 0.6 is 0 Å². The summed E-state index contributed by atoms with van der Waals surface area (Å²) < 4.78 is 18.4. The van der Waals surface area contributed by atoms with Gasteiger partial charge in [-0.2, -0.15) is 0 Å². The van der Waals surface area contributed by atoms with Crippen LogP contribution in [0, 0.1) is 5.82 Å². The summed E-state index contributed by atoms with van der Waals surface area (Å²) in [7, 11) is 1.59. The molecule has 0 aromatic heterocycles. The molecule has 0 saturated carbocycles. The lowest BCUT2D eigenvalue weighted by molar-refractivity contribution is -0.117. The van der Waals surface area contributed by atoms with Crippen LogP contribution in [0.3, 0.4) is 0 Å². The van der Waals surface area contributed by atoms with Crippen molar-refractivity contribution in [2.45, 2.75) is 19.9 Å². The van der Waals surface area contributed by atoms with E-state index in [-0.39, 0.29) is 30.3 Å². The zero-order valence-corrected chi connectivity index (χ0v) is 22.4. The van der Waals surface area contributed by atoms with E-state index in [0.29, 0.717) is 48.7 Å². The zero-order chi connectivity index (χ0) is 27.9. The second-order valence-corrected chi connectivity index (χ2v) is 9.64. The van der Waals surface area contributed by atoms with Gasteiger partial charge in [0.15, 0.2) is 0 Å². The molecule has 204 valence electrons. The number of rotatable bonds is 8. The van der Waals surface area contributed by atoms with E-state index in [1.165, 1.54) is 29.2 Å². The number of halogens is 1. The van der Waals surface area contributed by atoms with Crippen molar-refractivity contribution >= 4 is 29.1 Å². The van der Waals surface area contributed by atoms with Gasteiger partial charge in [0.25, 0.3) is 11.8 Å². The molecule has 0 bridgehead atoms. The van der Waals surface area contributed by atoms with E-state index < -0.39 is 5.82 Å². The highest BCUT2D eigenvalue weighted by molar-refractivity contribution is 5.99. The Morgan fingerprint density at radius 3 is 2.03 bits per heavy atom. The Kier molecular flexibility index (Phi) is 8.81. The molecule has 8 nitrogen and oxygen atoms in total. The third-order valence-electron chi connectivity index (χ3n) is 6.71. The molecule has 0 atom stereocenters. The summed E-state index contributed by atoms with van der Waals surface area (Å²) in [6.45, 7) is 6.14. The van der Waals surface area contributed by atoms with Crippen LogP contribution in [-0.2, 0) is 4.79 Å². The Bertz CT molecular complexity index is 1290. The predicted octanol–water partition coefficient (Wildman–Crippen LogP) is 4.29. The van der Waals surface area contributed by atoms with Gasteiger partial charge in [-0.3, -0.25) is 14.4 Å². The fraction of sp³-hybridized carbons (Fsp3) is 0.300. The Morgan fingerprint density at radius 2 is 1.46 bits per heavy atom. The summed E-state index contributed by atoms with van der Waals surface area (Å²) in [6.07, 6.45) is 0. The first-order chi connectivity index (χ1) is 18.7. The van der Waals surface area contributed by atoms with Crippen LogP contribution in [-0.4, -0.2) is 73.4 Å². The largest absolute Gasteiger partial charge is 0.497 e. The third-order valence-corrected chi connectivity index (χ3v) is 6.71. The fourth-order valence-electron chi connectivity index (χ4n) is 4.44. The van der Waals surface area contributed by atoms with Crippen molar-refractivity contribution in [3.8, 4) is 5.75 Å². The van der Waals surface area contributed by atoms with Crippen molar-refractivity contribution < 1.29 is 23.5 Å². The summed E-state index contributed by atoms with van der Waals surface area (Å²) in [4.78, 5) is 43.9. The van der Waals surface area contributed by atoms with Crippen molar-refractivity contribution in [1.82, 2.24) is 9.80 Å². The lowest BCUT2D eigenvalue weighted by Crippen LogP contribution is -2.48. The number of methoxy groups -OCH3 is 1. The second kappa shape index (κ2) is 12.4. The topological polar surface area (TPSA) is 82.2 Å². The number of hydrogen-bond donors (Lipinski definition) is 1. The number of amides is 3. The Labute approximate surface area is 228 Å². The lowest BCUT2D eigenvalue weighted by atomic mass is 10.1. The van der Waals surface area contributed by atoms with Crippen LogP contribution in [0.2, 0.25) is 0 Å². The van der Waals surface area contributed by atoms with Crippen molar-refractivity contribution in [2.75, 3.05) is 50.1 Å². The molecule has 3 amide bonds. The first-order valence-corrected chi connectivity index (χ1v) is 12.9. The number of anilines is 2. The molecule has 1 heterocycles. The Morgan fingerprint density at radius 1 is 0.872 bits per heavy atom. The highest BCUT2D eigenvalue weighted by atomic mass is 19.1. The highest BCUT2D eigenvalue weighted by Gasteiger charge is 2.24. The summed E-state index contributed by atoms with van der Waals surface area (Å²) in [5.41, 5.74) is 2.59. The van der Waals surface area contributed by atoms with Crippen molar-refractivity contribution in [3.05, 3.63) is 89.7 Å². The average molecular weight is 533 g/mol. The molecule has 3 aromatic carbocycles. The smallest absolute Gasteiger partial charge is 0.254 e. The molecular formula is C30H33FN4O4. The second-order valence-electron chi connectivity index (χ2n) is 9.64. The summed E-state index contributed by atoms with van der Waals surface area (Å²) in [6, 6.07) is 19.7. The minimum atomic E-state index is -0.423. The van der Waals surface area contributed by atoms with Crippen molar-refractivity contribution in [1.29, 1.82) is 0 Å². The van der Waals surface area contributed by atoms with Crippen LogP contribution < -0.4 is 15.0 Å². The first-order valence-electron chi connectivity index (χ1n) is 12.9. The molecule has 39 heavy (non-hydrogen) atoms. The monoisotopic (exact) mass is 532 g/mol. The van der Waals surface area contributed by atoms with Crippen LogP contribution in [0.5, 0.6) is 5.75 Å². The molecule has 4 rings (SSSR count). The van der Waals surface area contributed by atoms with Gasteiger partial charge in [0.2, 0.25) is 5.91 Å². The molecule has 9 heteroatoms. The van der Waals surface area contributed by atoms with E-state index in [2.05, 4.69) is 10.2 Å². The van der Waals surface area contributed by atoms with Crippen molar-refractivity contribution in [3.63, 3.8) is 0 Å². The van der Waals surface area contributed by atoms with Gasteiger partial charge in [-0.05, 0) is 86.6 Å². The van der Waals surface area contributed by atoms with Crippen LogP contribution in [0.15, 0.2) is 72.8 Å². The van der Waals surface area contributed by atoms with Gasteiger partial charge >= 0.3 is 0 Å². The quantitative estimate of drug-likeness (QED) is 0.468. The van der Waals surface area contributed by atoms with E-state index in [0.717, 1.165) is 5.69 Å². The summed E-state index contributed by atoms with van der Waals surface area (Å²) >= 11 is 0. The maximum atomic E-state index is 13.2. The number of carbonyl (C=O) groups excluding carboxylic acids is 3. The number of nitrogens with one attached hydrogen (secondary N) is 1. The molecule has 0 aliphatic carbocycles. The molecule has 0 spiro atoms. The normalized spacial score (nSPS) is 13.3. The van der Waals surface area contributed by atoms with Gasteiger partial charge in [0, 0.05) is 54.7 Å². The van der Waals surface area contributed by atoms with Crippen LogP contribution in [0.1, 0.15) is 34.6 Å². The average Bonchev–Trinajstić information content (AvgIpc) is 2.96. The number of nitrogens with zero attached hydrogens (tertiary/aromatic N) is 3. The van der Waals surface area contributed by atoms with Gasteiger partial charge < -0.3 is 24.8 Å². The molecule has 1 fully saturated rings. The molecule has 0 unspecified atom stereocenters. The van der Waals surface area contributed by atoms with Crippen molar-refractivity contribution in [2.24, 2.45) is 0 Å². The minimum Gasteiger partial charge on any atom is -0.497 e. The summed E-state index contributed by atoms with van der Waals surface area (Å²) in [5, 5.41) is 2.85. The fourth-order valence-corrected chi connectivity index (χ4v) is 4.44. The standard InChI is InChI=1S/C30H33FN4O4/c1-21(2)35(30(38)23-4-8-24(31)9-5-23)20-28(36)32-25-10-12-26(13-11-25)33-16-18-34(19-17-33)29(37)22-6-14-27(39-3)15-7-22/h4-15,21H,16-20H2,1-3H3,(H,32,36). The van der Waals surface area contributed by atoms with E-state index in [1.54, 1.807) is 31.4 Å². The van der Waals surface area contributed by atoms with Gasteiger partial charge in [-0.1, -0.05) is 0 Å². The SMILES string of the molecule is COc1ccc(C(=O)N2CCN(c3ccc(NC(=O)CN(C(=O)c4ccc(F)cc4)C(C)C)cc3)CC2)cc1. The summed E-state index contributed by atoms with van der Waals surface area (Å²) in [5.74, 6) is -0.360. The third kappa shape index (κ3) is 6.93. The Balaban J connectivity index is 1.30. The Hall–Kier alpha value is -4.40. The minimum absolute atomic E-state index is 0.00344. The van der Waals surface area contributed by atoms with Crippen LogP contribution in [0.25, 0.3) is 0 Å². The van der Waals surface area contributed by atoms with Crippen LogP contribution in [0.4, 0.5) is 15.8 Å². The maximum absolute atomic E-state index is 13.2. The van der Waals surface area contributed by atoms with Gasteiger partial charge in [0.05, 0.1) is 7.11 Å². The van der Waals surface area contributed by atoms with Gasteiger partial charge in [-0.15, -0.1) is 0 Å². The molecule has 1 N–H and O–H groups in total. The number of carbonyl (C=O) groups is 3. The molecule has 1 saturated heterocycles. The number of ether oxygens (including phenoxy) is 1. The lowest BCUT2D eigenvalue weighted by Gasteiger charge is -2.36. The number of piperazine rings is 1.